The quantitative estimate of drug-likeness (QED) is 0.573. The molecule has 0 saturated heterocycles. The van der Waals surface area contributed by atoms with E-state index in [9.17, 15) is 5.11 Å². The van der Waals surface area contributed by atoms with Crippen LogP contribution in [0.3, 0.4) is 0 Å². The van der Waals surface area contributed by atoms with E-state index in [1.807, 2.05) is 24.3 Å². The summed E-state index contributed by atoms with van der Waals surface area (Å²) in [6.45, 7) is 3.35. The molecule has 0 atom stereocenters. The normalized spacial score (nSPS) is 10.5. The highest BCUT2D eigenvalue weighted by atomic mass is 127. The predicted octanol–water partition coefficient (Wildman–Crippen LogP) is 2.41. The second-order valence-corrected chi connectivity index (χ2v) is 4.56. The van der Waals surface area contributed by atoms with Crippen molar-refractivity contribution in [1.82, 2.24) is 0 Å². The standard InChI is InChI=1S/C11H11IO/c1-11(2,13)7-6-9-4-3-5-10(12)8-9/h3-5,8,13H,1-2H3. The lowest BCUT2D eigenvalue weighted by atomic mass is 10.1. The van der Waals surface area contributed by atoms with Crippen LogP contribution in [0.2, 0.25) is 0 Å². The Bertz CT molecular complexity index is 352. The topological polar surface area (TPSA) is 20.2 Å². The van der Waals surface area contributed by atoms with Crippen LogP contribution in [0.1, 0.15) is 19.4 Å². The minimum absolute atomic E-state index is 0.915. The van der Waals surface area contributed by atoms with Gasteiger partial charge < -0.3 is 5.11 Å². The van der Waals surface area contributed by atoms with Crippen LogP contribution in [-0.2, 0) is 0 Å². The van der Waals surface area contributed by atoms with E-state index < -0.39 is 5.60 Å². The molecular weight excluding hydrogens is 275 g/mol. The molecule has 0 unspecified atom stereocenters. The third-order valence-electron chi connectivity index (χ3n) is 1.34. The van der Waals surface area contributed by atoms with E-state index in [1.54, 1.807) is 13.8 Å². The Balaban J connectivity index is 2.90. The van der Waals surface area contributed by atoms with Crippen LogP contribution in [0, 0.1) is 15.4 Å². The largest absolute Gasteiger partial charge is 0.378 e. The van der Waals surface area contributed by atoms with Gasteiger partial charge in [-0.05, 0) is 54.6 Å². The molecular formula is C11H11IO. The van der Waals surface area contributed by atoms with E-state index in [-0.39, 0.29) is 0 Å². The number of hydrogen-bond acceptors (Lipinski definition) is 1. The van der Waals surface area contributed by atoms with Gasteiger partial charge in [0.2, 0.25) is 0 Å². The molecule has 0 amide bonds. The van der Waals surface area contributed by atoms with Crippen molar-refractivity contribution in [3.8, 4) is 11.8 Å². The first-order valence-corrected chi connectivity index (χ1v) is 5.06. The minimum atomic E-state index is -0.915. The fraction of sp³-hybridized carbons (Fsp3) is 0.273. The summed E-state index contributed by atoms with van der Waals surface area (Å²) in [6, 6.07) is 7.88. The highest BCUT2D eigenvalue weighted by molar-refractivity contribution is 14.1. The van der Waals surface area contributed by atoms with Crippen LogP contribution >= 0.6 is 22.6 Å². The Labute approximate surface area is 92.3 Å². The zero-order valence-electron chi connectivity index (χ0n) is 7.63. The van der Waals surface area contributed by atoms with Crippen molar-refractivity contribution in [2.45, 2.75) is 19.4 Å². The number of halogens is 1. The first-order valence-electron chi connectivity index (χ1n) is 3.98. The molecule has 0 saturated carbocycles. The SMILES string of the molecule is CC(C)(O)C#Cc1cccc(I)c1. The second-order valence-electron chi connectivity index (χ2n) is 3.32. The summed E-state index contributed by atoms with van der Waals surface area (Å²) >= 11 is 2.24. The van der Waals surface area contributed by atoms with Gasteiger partial charge in [-0.25, -0.2) is 0 Å². The van der Waals surface area contributed by atoms with Crippen molar-refractivity contribution in [2.75, 3.05) is 0 Å². The summed E-state index contributed by atoms with van der Waals surface area (Å²) in [4.78, 5) is 0. The van der Waals surface area contributed by atoms with Crippen LogP contribution in [0.4, 0.5) is 0 Å². The zero-order chi connectivity index (χ0) is 9.90. The Morgan fingerprint density at radius 3 is 2.62 bits per heavy atom. The number of benzene rings is 1. The molecule has 0 aromatic heterocycles. The van der Waals surface area contributed by atoms with Gasteiger partial charge in [0.1, 0.15) is 5.60 Å². The molecule has 1 aromatic rings. The summed E-state index contributed by atoms with van der Waals surface area (Å²) < 4.78 is 1.15. The second kappa shape index (κ2) is 4.12. The predicted molar refractivity (Wildman–Crippen MR) is 62.3 cm³/mol. The monoisotopic (exact) mass is 286 g/mol. The van der Waals surface area contributed by atoms with Gasteiger partial charge in [0.15, 0.2) is 0 Å². The Morgan fingerprint density at radius 2 is 2.08 bits per heavy atom. The lowest BCUT2D eigenvalue weighted by Gasteiger charge is -2.05. The highest BCUT2D eigenvalue weighted by Gasteiger charge is 2.05. The van der Waals surface area contributed by atoms with Gasteiger partial charge in [-0.1, -0.05) is 17.9 Å². The van der Waals surface area contributed by atoms with E-state index in [4.69, 9.17) is 0 Å². The van der Waals surface area contributed by atoms with Crippen LogP contribution in [0.25, 0.3) is 0 Å². The van der Waals surface area contributed by atoms with Gasteiger partial charge in [-0.15, -0.1) is 0 Å². The van der Waals surface area contributed by atoms with Crippen molar-refractivity contribution in [3.05, 3.63) is 33.4 Å². The molecule has 68 valence electrons. The van der Waals surface area contributed by atoms with Crippen molar-refractivity contribution in [3.63, 3.8) is 0 Å². The fourth-order valence-electron chi connectivity index (χ4n) is 0.791. The van der Waals surface area contributed by atoms with Crippen molar-refractivity contribution in [2.24, 2.45) is 0 Å². The van der Waals surface area contributed by atoms with E-state index in [0.717, 1.165) is 9.13 Å². The summed E-state index contributed by atoms with van der Waals surface area (Å²) in [7, 11) is 0. The van der Waals surface area contributed by atoms with Gasteiger partial charge in [0, 0.05) is 9.13 Å². The third kappa shape index (κ3) is 4.30. The molecule has 1 N–H and O–H groups in total. The summed E-state index contributed by atoms with van der Waals surface area (Å²) in [5.41, 5.74) is 0.0235. The Hall–Kier alpha value is -0.530. The molecule has 1 aromatic carbocycles. The van der Waals surface area contributed by atoms with Crippen molar-refractivity contribution >= 4 is 22.6 Å². The van der Waals surface area contributed by atoms with E-state index in [1.165, 1.54) is 0 Å². The maximum Gasteiger partial charge on any atom is 0.120 e. The first-order chi connectivity index (χ1) is 5.97. The average molecular weight is 286 g/mol. The number of rotatable bonds is 0. The summed E-state index contributed by atoms with van der Waals surface area (Å²) in [5.74, 6) is 5.69. The van der Waals surface area contributed by atoms with Gasteiger partial charge in [0.05, 0.1) is 0 Å². The van der Waals surface area contributed by atoms with Crippen molar-refractivity contribution < 1.29 is 5.11 Å². The molecule has 1 nitrogen and oxygen atoms in total. The molecule has 0 aliphatic rings. The van der Waals surface area contributed by atoms with Crippen LogP contribution < -0.4 is 0 Å². The maximum absolute atomic E-state index is 9.37. The Morgan fingerprint density at radius 1 is 1.38 bits per heavy atom. The van der Waals surface area contributed by atoms with Crippen LogP contribution in [0.15, 0.2) is 24.3 Å². The van der Waals surface area contributed by atoms with Gasteiger partial charge in [-0.2, -0.15) is 0 Å². The number of hydrogen-bond donors (Lipinski definition) is 1. The molecule has 0 radical (unpaired) electrons. The van der Waals surface area contributed by atoms with E-state index >= 15 is 0 Å². The third-order valence-corrected chi connectivity index (χ3v) is 2.01. The zero-order valence-corrected chi connectivity index (χ0v) is 9.79. The molecule has 0 heterocycles. The number of aliphatic hydroxyl groups is 1. The summed E-state index contributed by atoms with van der Waals surface area (Å²) in [6.07, 6.45) is 0. The molecule has 0 bridgehead atoms. The smallest absolute Gasteiger partial charge is 0.120 e. The maximum atomic E-state index is 9.37. The van der Waals surface area contributed by atoms with Crippen LogP contribution in [-0.4, -0.2) is 10.7 Å². The molecule has 0 spiro atoms. The lowest BCUT2D eigenvalue weighted by Crippen LogP contribution is -2.14. The lowest BCUT2D eigenvalue weighted by molar-refractivity contribution is 0.143. The average Bonchev–Trinajstić information content (AvgIpc) is 2.00. The molecule has 13 heavy (non-hydrogen) atoms. The van der Waals surface area contributed by atoms with E-state index in [0.29, 0.717) is 0 Å². The van der Waals surface area contributed by atoms with E-state index in [2.05, 4.69) is 34.4 Å². The van der Waals surface area contributed by atoms with Gasteiger partial charge >= 0.3 is 0 Å². The van der Waals surface area contributed by atoms with Crippen LogP contribution in [0.5, 0.6) is 0 Å². The van der Waals surface area contributed by atoms with Crippen molar-refractivity contribution in [1.29, 1.82) is 0 Å². The Kier molecular flexibility index (Phi) is 3.34. The highest BCUT2D eigenvalue weighted by Crippen LogP contribution is 2.07. The molecule has 2 heteroatoms. The molecule has 0 aliphatic heterocycles. The summed E-state index contributed by atoms with van der Waals surface area (Å²) in [5, 5.41) is 9.37. The minimum Gasteiger partial charge on any atom is -0.378 e. The molecule has 0 fully saturated rings. The van der Waals surface area contributed by atoms with Gasteiger partial charge in [0.25, 0.3) is 0 Å². The molecule has 1 rings (SSSR count). The molecule has 0 aliphatic carbocycles. The van der Waals surface area contributed by atoms with Gasteiger partial charge in [-0.3, -0.25) is 0 Å². The first kappa shape index (κ1) is 10.6. The fourth-order valence-corrected chi connectivity index (χ4v) is 1.33.